The zero-order valence-electron chi connectivity index (χ0n) is 14.3. The van der Waals surface area contributed by atoms with Crippen LogP contribution in [0.25, 0.3) is 0 Å². The number of allylic oxidation sites excluding steroid dienone is 1. The van der Waals surface area contributed by atoms with Gasteiger partial charge < -0.3 is 4.74 Å². The molecule has 0 bridgehead atoms. The SMILES string of the molecule is CCOC(=O)C1=NN(c2ccccc2)C(=C2C(=O)c3ccccc3C2=O)S1. The number of ether oxygens (including phenoxy) is 1. The zero-order chi connectivity index (χ0) is 19.0. The van der Waals surface area contributed by atoms with Crippen LogP contribution in [0.1, 0.15) is 27.6 Å². The number of carbonyl (C=O) groups excluding carboxylic acids is 3. The van der Waals surface area contributed by atoms with Crippen LogP contribution in [0.2, 0.25) is 0 Å². The molecule has 0 saturated heterocycles. The first-order valence-corrected chi connectivity index (χ1v) is 9.15. The molecular weight excluding hydrogens is 364 g/mol. The van der Waals surface area contributed by atoms with Crippen molar-refractivity contribution in [3.63, 3.8) is 0 Å². The maximum absolute atomic E-state index is 12.9. The number of benzene rings is 2. The molecule has 0 fully saturated rings. The van der Waals surface area contributed by atoms with Crippen LogP contribution >= 0.6 is 11.8 Å². The molecule has 0 spiro atoms. The Bertz CT molecular complexity index is 990. The topological polar surface area (TPSA) is 76.0 Å². The second kappa shape index (κ2) is 6.85. The maximum Gasteiger partial charge on any atom is 0.365 e. The molecule has 1 heterocycles. The maximum atomic E-state index is 12.9. The number of hydrogen-bond acceptors (Lipinski definition) is 7. The second-order valence-corrected chi connectivity index (χ2v) is 6.74. The number of carbonyl (C=O) groups is 3. The van der Waals surface area contributed by atoms with E-state index in [9.17, 15) is 14.4 Å². The summed E-state index contributed by atoms with van der Waals surface area (Å²) >= 11 is 0.976. The van der Waals surface area contributed by atoms with Gasteiger partial charge in [-0.15, -0.1) is 0 Å². The van der Waals surface area contributed by atoms with Gasteiger partial charge in [0.2, 0.25) is 5.04 Å². The van der Waals surface area contributed by atoms with Crippen LogP contribution in [0, 0.1) is 0 Å². The van der Waals surface area contributed by atoms with Gasteiger partial charge in [0, 0.05) is 11.1 Å². The molecule has 0 amide bonds. The van der Waals surface area contributed by atoms with Crippen LogP contribution in [-0.2, 0) is 9.53 Å². The van der Waals surface area contributed by atoms with E-state index >= 15 is 0 Å². The molecule has 134 valence electrons. The summed E-state index contributed by atoms with van der Waals surface area (Å²) in [6, 6.07) is 15.7. The number of fused-ring (bicyclic) bond motifs is 1. The molecule has 0 radical (unpaired) electrons. The average molecular weight is 378 g/mol. The lowest BCUT2D eigenvalue weighted by Gasteiger charge is -2.16. The van der Waals surface area contributed by atoms with Gasteiger partial charge in [0.15, 0.2) is 11.6 Å². The number of para-hydroxylation sites is 1. The van der Waals surface area contributed by atoms with E-state index in [-0.39, 0.29) is 28.8 Å². The van der Waals surface area contributed by atoms with Gasteiger partial charge in [0.1, 0.15) is 10.6 Å². The summed E-state index contributed by atoms with van der Waals surface area (Å²) in [7, 11) is 0. The van der Waals surface area contributed by atoms with Crippen LogP contribution in [0.5, 0.6) is 0 Å². The van der Waals surface area contributed by atoms with Crippen molar-refractivity contribution >= 4 is 40.0 Å². The Balaban J connectivity index is 1.84. The first kappa shape index (κ1) is 17.2. The molecule has 2 aromatic carbocycles. The standard InChI is InChI=1S/C20H14N2O4S/c1-2-26-20(25)18-21-22(12-8-4-3-5-9-12)19(27-18)15-16(23)13-10-6-7-11-14(13)17(15)24/h3-11H,2H2,1H3. The highest BCUT2D eigenvalue weighted by atomic mass is 32.2. The van der Waals surface area contributed by atoms with E-state index in [0.717, 1.165) is 11.8 Å². The first-order chi connectivity index (χ1) is 13.1. The highest BCUT2D eigenvalue weighted by Gasteiger charge is 2.41. The Hall–Kier alpha value is -3.19. The number of thioether (sulfide) groups is 1. The normalized spacial score (nSPS) is 15.9. The van der Waals surface area contributed by atoms with Gasteiger partial charge in [-0.05, 0) is 30.8 Å². The molecular formula is C20H14N2O4S. The Morgan fingerprint density at radius 2 is 1.59 bits per heavy atom. The Morgan fingerprint density at radius 1 is 1.00 bits per heavy atom. The van der Waals surface area contributed by atoms with Crippen molar-refractivity contribution < 1.29 is 19.1 Å². The minimum Gasteiger partial charge on any atom is -0.461 e. The number of esters is 1. The van der Waals surface area contributed by atoms with Crippen molar-refractivity contribution in [2.45, 2.75) is 6.92 Å². The third kappa shape index (κ3) is 2.86. The largest absolute Gasteiger partial charge is 0.461 e. The highest BCUT2D eigenvalue weighted by molar-refractivity contribution is 8.19. The number of hydrogen-bond donors (Lipinski definition) is 0. The fourth-order valence-corrected chi connectivity index (χ4v) is 3.88. The Kier molecular flexibility index (Phi) is 4.37. The molecule has 1 aliphatic carbocycles. The van der Waals surface area contributed by atoms with E-state index in [4.69, 9.17) is 4.74 Å². The Labute approximate surface area is 159 Å². The average Bonchev–Trinajstić information content (AvgIpc) is 3.23. The van der Waals surface area contributed by atoms with E-state index in [2.05, 4.69) is 5.10 Å². The molecule has 0 unspecified atom stereocenters. The van der Waals surface area contributed by atoms with Gasteiger partial charge in [-0.2, -0.15) is 5.10 Å². The van der Waals surface area contributed by atoms with Crippen LogP contribution in [0.15, 0.2) is 70.3 Å². The van der Waals surface area contributed by atoms with Crippen molar-refractivity contribution in [3.8, 4) is 0 Å². The van der Waals surface area contributed by atoms with Gasteiger partial charge in [0.05, 0.1) is 12.3 Å². The quantitative estimate of drug-likeness (QED) is 0.463. The molecule has 0 N–H and O–H groups in total. The summed E-state index contributed by atoms with van der Waals surface area (Å²) < 4.78 is 5.03. The van der Waals surface area contributed by atoms with Crippen molar-refractivity contribution in [2.75, 3.05) is 11.6 Å². The van der Waals surface area contributed by atoms with E-state index < -0.39 is 5.97 Å². The van der Waals surface area contributed by atoms with E-state index in [0.29, 0.717) is 21.8 Å². The predicted molar refractivity (Wildman–Crippen MR) is 103 cm³/mol. The van der Waals surface area contributed by atoms with Crippen LogP contribution in [-0.4, -0.2) is 29.2 Å². The number of nitrogens with zero attached hydrogens (tertiary/aromatic N) is 2. The monoisotopic (exact) mass is 378 g/mol. The highest BCUT2D eigenvalue weighted by Crippen LogP contribution is 2.41. The molecule has 2 aliphatic rings. The lowest BCUT2D eigenvalue weighted by Crippen LogP contribution is -2.16. The molecule has 0 aromatic heterocycles. The number of ketones is 2. The van der Waals surface area contributed by atoms with Crippen molar-refractivity contribution in [1.82, 2.24) is 0 Å². The van der Waals surface area contributed by atoms with Gasteiger partial charge in [-0.3, -0.25) is 9.59 Å². The summed E-state index contributed by atoms with van der Waals surface area (Å²) in [6.45, 7) is 1.91. The molecule has 0 atom stereocenters. The summed E-state index contributed by atoms with van der Waals surface area (Å²) in [5.74, 6) is -1.31. The third-order valence-corrected chi connectivity index (χ3v) is 5.12. The lowest BCUT2D eigenvalue weighted by molar-refractivity contribution is -0.134. The molecule has 7 heteroatoms. The fourth-order valence-electron chi connectivity index (χ4n) is 2.91. The minimum atomic E-state index is -0.588. The second-order valence-electron chi connectivity index (χ2n) is 5.76. The van der Waals surface area contributed by atoms with Crippen molar-refractivity contribution in [2.24, 2.45) is 5.10 Å². The number of anilines is 1. The van der Waals surface area contributed by atoms with E-state index in [1.807, 2.05) is 18.2 Å². The minimum absolute atomic E-state index is 0.0214. The summed E-state index contributed by atoms with van der Waals surface area (Å²) in [6.07, 6.45) is 0. The van der Waals surface area contributed by atoms with Gasteiger partial charge in [-0.25, -0.2) is 9.80 Å². The van der Waals surface area contributed by atoms with Crippen LogP contribution in [0.4, 0.5) is 5.69 Å². The van der Waals surface area contributed by atoms with Crippen LogP contribution < -0.4 is 5.01 Å². The van der Waals surface area contributed by atoms with Crippen LogP contribution in [0.3, 0.4) is 0 Å². The van der Waals surface area contributed by atoms with Gasteiger partial charge in [0.25, 0.3) is 0 Å². The molecule has 0 saturated carbocycles. The molecule has 27 heavy (non-hydrogen) atoms. The summed E-state index contributed by atoms with van der Waals surface area (Å²) in [5.41, 5.74) is 1.39. The third-order valence-electron chi connectivity index (χ3n) is 4.11. The number of Topliss-reactive ketones (excluding diaryl/α,β-unsaturated/α-hetero) is 2. The first-order valence-electron chi connectivity index (χ1n) is 8.33. The molecule has 4 rings (SSSR count). The molecule has 2 aromatic rings. The van der Waals surface area contributed by atoms with E-state index in [1.165, 1.54) is 5.01 Å². The zero-order valence-corrected chi connectivity index (χ0v) is 15.2. The Morgan fingerprint density at radius 3 is 2.19 bits per heavy atom. The number of hydrazone groups is 1. The smallest absolute Gasteiger partial charge is 0.365 e. The van der Waals surface area contributed by atoms with Gasteiger partial charge in [-0.1, -0.05) is 42.5 Å². The lowest BCUT2D eigenvalue weighted by atomic mass is 10.1. The van der Waals surface area contributed by atoms with Gasteiger partial charge >= 0.3 is 5.97 Å². The fraction of sp³-hybridized carbons (Fsp3) is 0.100. The molecule has 1 aliphatic heterocycles. The summed E-state index contributed by atoms with van der Waals surface area (Å²) in [4.78, 5) is 37.9. The van der Waals surface area contributed by atoms with Crippen molar-refractivity contribution in [1.29, 1.82) is 0 Å². The molecule has 6 nitrogen and oxygen atoms in total. The van der Waals surface area contributed by atoms with E-state index in [1.54, 1.807) is 43.3 Å². The number of rotatable bonds is 3. The van der Waals surface area contributed by atoms with Crippen molar-refractivity contribution in [3.05, 3.63) is 76.3 Å². The predicted octanol–water partition coefficient (Wildman–Crippen LogP) is 3.41. The summed E-state index contributed by atoms with van der Waals surface area (Å²) in [5, 5.41) is 6.16.